The molecule has 0 saturated heterocycles. The second-order valence-corrected chi connectivity index (χ2v) is 4.12. The summed E-state index contributed by atoms with van der Waals surface area (Å²) in [5.74, 6) is -0.161. The number of aromatic nitrogens is 1. The zero-order chi connectivity index (χ0) is 13.7. The maximum absolute atomic E-state index is 11.6. The van der Waals surface area contributed by atoms with Gasteiger partial charge in [-0.2, -0.15) is 0 Å². The average Bonchev–Trinajstić information content (AvgIpc) is 2.70. The molecule has 7 nitrogen and oxygen atoms in total. The monoisotopic (exact) mass is 291 g/mol. The summed E-state index contributed by atoms with van der Waals surface area (Å²) in [6, 6.07) is 0.994. The van der Waals surface area contributed by atoms with Crippen molar-refractivity contribution < 1.29 is 19.2 Å². The molecule has 1 amide bonds. The van der Waals surface area contributed by atoms with Crippen molar-refractivity contribution >= 4 is 30.1 Å². The van der Waals surface area contributed by atoms with Gasteiger partial charge in [-0.3, -0.25) is 14.5 Å². The zero-order valence-corrected chi connectivity index (χ0v) is 11.9. The van der Waals surface area contributed by atoms with E-state index in [1.54, 1.807) is 31.9 Å². The summed E-state index contributed by atoms with van der Waals surface area (Å²) in [6.45, 7) is 3.66. The van der Waals surface area contributed by atoms with Crippen LogP contribution in [0.3, 0.4) is 0 Å². The van der Waals surface area contributed by atoms with Gasteiger partial charge in [0, 0.05) is 19.0 Å². The number of likely N-dealkylation sites (N-methyl/N-ethyl adjacent to an activating group) is 1. The minimum Gasteiger partial charge on any atom is -0.480 e. The van der Waals surface area contributed by atoms with Gasteiger partial charge in [0.1, 0.15) is 11.8 Å². The topological polar surface area (TPSA) is 95.7 Å². The highest BCUT2D eigenvalue weighted by molar-refractivity contribution is 5.89. The lowest BCUT2D eigenvalue weighted by molar-refractivity contribution is -0.142. The Morgan fingerprint density at radius 1 is 1.58 bits per heavy atom. The molecule has 0 aromatic carbocycles. The van der Waals surface area contributed by atoms with Crippen LogP contribution >= 0.6 is 12.4 Å². The Labute approximate surface area is 117 Å². The Morgan fingerprint density at radius 3 is 2.68 bits per heavy atom. The number of aliphatic carboxylic acids is 1. The number of hydrogen-bond donors (Lipinski definition) is 2. The third kappa shape index (κ3) is 5.71. The van der Waals surface area contributed by atoms with Crippen molar-refractivity contribution in [1.82, 2.24) is 10.1 Å². The zero-order valence-electron chi connectivity index (χ0n) is 11.0. The predicted octanol–water partition coefficient (Wildman–Crippen LogP) is 1.14. The Bertz CT molecular complexity index is 435. The van der Waals surface area contributed by atoms with Crippen LogP contribution in [0.2, 0.25) is 0 Å². The van der Waals surface area contributed by atoms with E-state index >= 15 is 0 Å². The average molecular weight is 292 g/mol. The molecule has 0 aliphatic rings. The number of nitrogens with zero attached hydrogens (tertiary/aromatic N) is 2. The number of hydrogen-bond acceptors (Lipinski definition) is 5. The van der Waals surface area contributed by atoms with Crippen molar-refractivity contribution in [3.63, 3.8) is 0 Å². The molecule has 1 rings (SSSR count). The van der Waals surface area contributed by atoms with Crippen LogP contribution in [-0.2, 0) is 9.59 Å². The Balaban J connectivity index is 0.00000324. The summed E-state index contributed by atoms with van der Waals surface area (Å²) in [4.78, 5) is 23.9. The quantitative estimate of drug-likeness (QED) is 0.816. The highest BCUT2D eigenvalue weighted by Crippen LogP contribution is 2.07. The van der Waals surface area contributed by atoms with Gasteiger partial charge in [-0.1, -0.05) is 5.16 Å². The number of anilines is 1. The lowest BCUT2D eigenvalue weighted by Gasteiger charge is -2.20. The molecular weight excluding hydrogens is 274 g/mol. The van der Waals surface area contributed by atoms with E-state index in [0.717, 1.165) is 0 Å². The molecule has 1 aromatic heterocycles. The first-order chi connectivity index (χ1) is 8.40. The van der Waals surface area contributed by atoms with Crippen molar-refractivity contribution in [1.29, 1.82) is 0 Å². The van der Waals surface area contributed by atoms with Gasteiger partial charge in [0.05, 0.1) is 0 Å². The number of rotatable bonds is 6. The summed E-state index contributed by atoms with van der Waals surface area (Å²) < 4.78 is 4.81. The van der Waals surface area contributed by atoms with Crippen LogP contribution in [0.5, 0.6) is 0 Å². The van der Waals surface area contributed by atoms with Crippen LogP contribution < -0.4 is 5.32 Å². The Kier molecular flexibility index (Phi) is 7.10. The number of carbonyl (C=O) groups is 2. The molecule has 1 aromatic rings. The molecule has 0 spiro atoms. The molecule has 0 bridgehead atoms. The molecule has 0 aliphatic carbocycles. The van der Waals surface area contributed by atoms with Crippen LogP contribution in [0.1, 0.15) is 19.1 Å². The second kappa shape index (κ2) is 7.75. The number of carboxylic acid groups (broad SMARTS) is 1. The van der Waals surface area contributed by atoms with E-state index in [1.807, 2.05) is 0 Å². The molecule has 2 N–H and O–H groups in total. The van der Waals surface area contributed by atoms with Crippen LogP contribution in [0.4, 0.5) is 5.82 Å². The van der Waals surface area contributed by atoms with Gasteiger partial charge in [-0.05, 0) is 20.9 Å². The standard InChI is InChI=1S/C11H17N3O4.ClH/c1-7-6-9(13-18-7)12-10(15)4-5-14(3)8(2)11(16)17;/h6,8H,4-5H2,1-3H3,(H,16,17)(H,12,13,15);1H. The van der Waals surface area contributed by atoms with Crippen LogP contribution in [0, 0.1) is 6.92 Å². The van der Waals surface area contributed by atoms with E-state index in [9.17, 15) is 9.59 Å². The first-order valence-electron chi connectivity index (χ1n) is 5.56. The van der Waals surface area contributed by atoms with Gasteiger partial charge in [0.15, 0.2) is 5.82 Å². The Hall–Kier alpha value is -1.60. The normalized spacial score (nSPS) is 11.8. The van der Waals surface area contributed by atoms with Gasteiger partial charge < -0.3 is 14.9 Å². The SMILES string of the molecule is Cc1cc(NC(=O)CCN(C)C(C)C(=O)O)no1.Cl. The largest absolute Gasteiger partial charge is 0.480 e. The summed E-state index contributed by atoms with van der Waals surface area (Å²) in [7, 11) is 1.66. The van der Waals surface area contributed by atoms with Crippen molar-refractivity contribution in [2.24, 2.45) is 0 Å². The molecule has 108 valence electrons. The van der Waals surface area contributed by atoms with E-state index in [4.69, 9.17) is 9.63 Å². The van der Waals surface area contributed by atoms with Gasteiger partial charge in [0.25, 0.3) is 0 Å². The molecule has 19 heavy (non-hydrogen) atoms. The van der Waals surface area contributed by atoms with Gasteiger partial charge in [0.2, 0.25) is 5.91 Å². The summed E-state index contributed by atoms with van der Waals surface area (Å²) in [5, 5.41) is 15.0. The van der Waals surface area contributed by atoms with Crippen molar-refractivity contribution in [2.45, 2.75) is 26.3 Å². The fraction of sp³-hybridized carbons (Fsp3) is 0.545. The number of nitrogens with one attached hydrogen (secondary N) is 1. The highest BCUT2D eigenvalue weighted by atomic mass is 35.5. The van der Waals surface area contributed by atoms with Gasteiger partial charge in [-0.15, -0.1) is 12.4 Å². The fourth-order valence-corrected chi connectivity index (χ4v) is 1.29. The van der Waals surface area contributed by atoms with E-state index in [-0.39, 0.29) is 24.7 Å². The maximum atomic E-state index is 11.6. The first-order valence-corrected chi connectivity index (χ1v) is 5.56. The van der Waals surface area contributed by atoms with Gasteiger partial charge >= 0.3 is 5.97 Å². The number of aryl methyl sites for hydroxylation is 1. The lowest BCUT2D eigenvalue weighted by Crippen LogP contribution is -2.37. The summed E-state index contributed by atoms with van der Waals surface area (Å²) >= 11 is 0. The smallest absolute Gasteiger partial charge is 0.320 e. The summed E-state index contributed by atoms with van der Waals surface area (Å²) in [6.07, 6.45) is 0.194. The number of carboxylic acids is 1. The van der Waals surface area contributed by atoms with Crippen molar-refractivity contribution in [3.8, 4) is 0 Å². The maximum Gasteiger partial charge on any atom is 0.320 e. The Morgan fingerprint density at radius 2 is 2.21 bits per heavy atom. The fourth-order valence-electron chi connectivity index (χ4n) is 1.29. The third-order valence-corrected chi connectivity index (χ3v) is 2.61. The second-order valence-electron chi connectivity index (χ2n) is 4.12. The van der Waals surface area contributed by atoms with Crippen molar-refractivity contribution in [2.75, 3.05) is 18.9 Å². The van der Waals surface area contributed by atoms with E-state index in [2.05, 4.69) is 10.5 Å². The first kappa shape index (κ1) is 17.4. The lowest BCUT2D eigenvalue weighted by atomic mass is 10.2. The molecule has 0 radical (unpaired) electrons. The molecule has 0 aliphatic heterocycles. The van der Waals surface area contributed by atoms with Crippen molar-refractivity contribution in [3.05, 3.63) is 11.8 Å². The minimum absolute atomic E-state index is 0. The van der Waals surface area contributed by atoms with Crippen LogP contribution in [0.15, 0.2) is 10.6 Å². The van der Waals surface area contributed by atoms with Gasteiger partial charge in [-0.25, -0.2) is 0 Å². The predicted molar refractivity (Wildman–Crippen MR) is 71.5 cm³/mol. The highest BCUT2D eigenvalue weighted by Gasteiger charge is 2.17. The van der Waals surface area contributed by atoms with Crippen LogP contribution in [0.25, 0.3) is 0 Å². The van der Waals surface area contributed by atoms with Crippen LogP contribution in [-0.4, -0.2) is 46.7 Å². The number of carbonyl (C=O) groups excluding carboxylic acids is 1. The molecule has 0 saturated carbocycles. The number of amides is 1. The molecule has 1 atom stereocenters. The molecule has 1 heterocycles. The van der Waals surface area contributed by atoms with E-state index in [0.29, 0.717) is 18.1 Å². The molecule has 8 heteroatoms. The molecule has 0 fully saturated rings. The molecule has 1 unspecified atom stereocenters. The summed E-state index contributed by atoms with van der Waals surface area (Å²) in [5.41, 5.74) is 0. The molecular formula is C11H18ClN3O4. The number of halogens is 1. The minimum atomic E-state index is -0.912. The third-order valence-electron chi connectivity index (χ3n) is 2.61. The van der Waals surface area contributed by atoms with E-state index < -0.39 is 12.0 Å². The van der Waals surface area contributed by atoms with E-state index in [1.165, 1.54) is 0 Å².